The van der Waals surface area contributed by atoms with Gasteiger partial charge in [0.25, 0.3) is 5.91 Å². The molecule has 1 heterocycles. The van der Waals surface area contributed by atoms with E-state index in [1.807, 2.05) is 13.8 Å². The Labute approximate surface area is 185 Å². The van der Waals surface area contributed by atoms with Crippen molar-refractivity contribution in [2.75, 3.05) is 23.4 Å². The molecule has 2 aromatic rings. The summed E-state index contributed by atoms with van der Waals surface area (Å²) in [5, 5.41) is 2.69. The summed E-state index contributed by atoms with van der Waals surface area (Å²) in [5.41, 5.74) is -0.457. The first-order valence-corrected chi connectivity index (χ1v) is 10.5. The maximum atomic E-state index is 13.2. The lowest BCUT2D eigenvalue weighted by atomic mass is 9.92. The standard InChI is InChI=1S/C24H27F3N2O3/c1-15(2)11-12-29-19-13-18(9-10-20(19)32-14-23(3,4)22(29)31)28-21(30)16-5-7-17(8-6-16)24(25,26)27/h5-10,13,15H,11-12,14H2,1-4H3,(H,28,30). The molecule has 0 saturated heterocycles. The number of fused-ring (bicyclic) bond motifs is 1. The first-order chi connectivity index (χ1) is 14.9. The molecular formula is C24H27F3N2O3. The number of carbonyl (C=O) groups is 2. The van der Waals surface area contributed by atoms with Gasteiger partial charge in [0.15, 0.2) is 0 Å². The number of benzene rings is 2. The van der Waals surface area contributed by atoms with Gasteiger partial charge in [0.2, 0.25) is 5.91 Å². The van der Waals surface area contributed by atoms with Crippen LogP contribution < -0.4 is 15.0 Å². The van der Waals surface area contributed by atoms with Crippen molar-refractivity contribution in [3.8, 4) is 5.75 Å². The summed E-state index contributed by atoms with van der Waals surface area (Å²) in [6.07, 6.45) is -3.67. The molecular weight excluding hydrogens is 421 g/mol. The number of hydrogen-bond donors (Lipinski definition) is 1. The highest BCUT2D eigenvalue weighted by Gasteiger charge is 2.38. The molecule has 0 aliphatic carbocycles. The number of anilines is 2. The molecule has 1 aliphatic heterocycles. The maximum absolute atomic E-state index is 13.2. The van der Waals surface area contributed by atoms with Crippen molar-refractivity contribution in [2.45, 2.75) is 40.3 Å². The average Bonchev–Trinajstić information content (AvgIpc) is 2.80. The van der Waals surface area contributed by atoms with Crippen LogP contribution in [0.3, 0.4) is 0 Å². The van der Waals surface area contributed by atoms with Gasteiger partial charge < -0.3 is 15.0 Å². The Morgan fingerprint density at radius 3 is 2.41 bits per heavy atom. The lowest BCUT2D eigenvalue weighted by Crippen LogP contribution is -2.42. The number of ether oxygens (including phenoxy) is 1. The van der Waals surface area contributed by atoms with Gasteiger partial charge in [0.05, 0.1) is 16.7 Å². The Morgan fingerprint density at radius 1 is 1.16 bits per heavy atom. The first kappa shape index (κ1) is 23.6. The Kier molecular flexibility index (Phi) is 6.53. The second-order valence-electron chi connectivity index (χ2n) is 9.02. The van der Waals surface area contributed by atoms with Gasteiger partial charge in [-0.25, -0.2) is 0 Å². The van der Waals surface area contributed by atoms with Crippen LogP contribution in [0.1, 0.15) is 50.0 Å². The fraction of sp³-hybridized carbons (Fsp3) is 0.417. The van der Waals surface area contributed by atoms with Crippen molar-refractivity contribution in [3.05, 3.63) is 53.6 Å². The number of alkyl halides is 3. The van der Waals surface area contributed by atoms with Crippen molar-refractivity contribution >= 4 is 23.2 Å². The van der Waals surface area contributed by atoms with E-state index in [1.165, 1.54) is 0 Å². The third-order valence-electron chi connectivity index (χ3n) is 5.32. The van der Waals surface area contributed by atoms with Gasteiger partial charge in [-0.05, 0) is 68.7 Å². The number of halogens is 3. The molecule has 0 aromatic heterocycles. The molecule has 0 unspecified atom stereocenters. The van der Waals surface area contributed by atoms with E-state index in [4.69, 9.17) is 4.74 Å². The predicted molar refractivity (Wildman–Crippen MR) is 117 cm³/mol. The third-order valence-corrected chi connectivity index (χ3v) is 5.32. The zero-order valence-electron chi connectivity index (χ0n) is 18.5. The van der Waals surface area contributed by atoms with E-state index in [0.29, 0.717) is 29.6 Å². The minimum atomic E-state index is -4.47. The summed E-state index contributed by atoms with van der Waals surface area (Å²) >= 11 is 0. The molecule has 1 aliphatic rings. The quantitative estimate of drug-likeness (QED) is 0.633. The molecule has 0 bridgehead atoms. The van der Waals surface area contributed by atoms with Crippen LogP contribution in [-0.4, -0.2) is 25.0 Å². The van der Waals surface area contributed by atoms with Crippen molar-refractivity contribution in [3.63, 3.8) is 0 Å². The minimum absolute atomic E-state index is 0.0666. The Balaban J connectivity index is 1.87. The molecule has 172 valence electrons. The zero-order chi connectivity index (χ0) is 23.7. The van der Waals surface area contributed by atoms with Crippen LogP contribution in [0.2, 0.25) is 0 Å². The van der Waals surface area contributed by atoms with Crippen LogP contribution in [0.15, 0.2) is 42.5 Å². The van der Waals surface area contributed by atoms with E-state index in [2.05, 4.69) is 19.2 Å². The smallest absolute Gasteiger partial charge is 0.416 e. The second-order valence-corrected chi connectivity index (χ2v) is 9.02. The summed E-state index contributed by atoms with van der Waals surface area (Å²) in [4.78, 5) is 27.4. The topological polar surface area (TPSA) is 58.6 Å². The summed E-state index contributed by atoms with van der Waals surface area (Å²) in [6.45, 7) is 8.55. The number of rotatable bonds is 5. The molecule has 2 aromatic carbocycles. The lowest BCUT2D eigenvalue weighted by Gasteiger charge is -2.28. The average molecular weight is 448 g/mol. The molecule has 0 atom stereocenters. The molecule has 1 N–H and O–H groups in total. The Bertz CT molecular complexity index is 999. The molecule has 2 amide bonds. The Morgan fingerprint density at radius 2 is 1.81 bits per heavy atom. The summed E-state index contributed by atoms with van der Waals surface area (Å²) in [5.74, 6) is 0.318. The van der Waals surface area contributed by atoms with E-state index in [1.54, 1.807) is 23.1 Å². The van der Waals surface area contributed by atoms with Gasteiger partial charge in [0.1, 0.15) is 12.4 Å². The van der Waals surface area contributed by atoms with Gasteiger partial charge in [0, 0.05) is 17.8 Å². The molecule has 5 nitrogen and oxygen atoms in total. The van der Waals surface area contributed by atoms with E-state index >= 15 is 0 Å². The number of carbonyl (C=O) groups excluding carboxylic acids is 2. The van der Waals surface area contributed by atoms with E-state index in [-0.39, 0.29) is 18.1 Å². The van der Waals surface area contributed by atoms with Crippen LogP contribution in [0.4, 0.5) is 24.5 Å². The monoisotopic (exact) mass is 448 g/mol. The number of nitrogens with zero attached hydrogens (tertiary/aromatic N) is 1. The van der Waals surface area contributed by atoms with E-state index in [9.17, 15) is 22.8 Å². The lowest BCUT2D eigenvalue weighted by molar-refractivity contribution is -0.137. The highest BCUT2D eigenvalue weighted by molar-refractivity contribution is 6.05. The third kappa shape index (κ3) is 5.23. The minimum Gasteiger partial charge on any atom is -0.490 e. The molecule has 3 rings (SSSR count). The second kappa shape index (κ2) is 8.84. The van der Waals surface area contributed by atoms with E-state index in [0.717, 1.165) is 30.7 Å². The summed E-state index contributed by atoms with van der Waals surface area (Å²) in [6, 6.07) is 9.00. The van der Waals surface area contributed by atoms with Crippen molar-refractivity contribution in [1.29, 1.82) is 0 Å². The van der Waals surface area contributed by atoms with E-state index < -0.39 is 23.1 Å². The number of hydrogen-bond acceptors (Lipinski definition) is 3. The van der Waals surface area contributed by atoms with Crippen LogP contribution in [0.5, 0.6) is 5.75 Å². The summed E-state index contributed by atoms with van der Waals surface area (Å²) in [7, 11) is 0. The highest BCUT2D eigenvalue weighted by atomic mass is 19.4. The van der Waals surface area contributed by atoms with Gasteiger partial charge in [-0.1, -0.05) is 13.8 Å². The SMILES string of the molecule is CC(C)CCN1C(=O)C(C)(C)COc2ccc(NC(=O)c3ccc(C(F)(F)F)cc3)cc21. The van der Waals surface area contributed by atoms with Crippen molar-refractivity contribution < 1.29 is 27.5 Å². The molecule has 0 radical (unpaired) electrons. The molecule has 0 saturated carbocycles. The van der Waals surface area contributed by atoms with Gasteiger partial charge in [-0.2, -0.15) is 13.2 Å². The van der Waals surface area contributed by atoms with Crippen LogP contribution in [0.25, 0.3) is 0 Å². The largest absolute Gasteiger partial charge is 0.490 e. The molecule has 0 spiro atoms. The fourth-order valence-electron chi connectivity index (χ4n) is 3.35. The first-order valence-electron chi connectivity index (χ1n) is 10.5. The summed E-state index contributed by atoms with van der Waals surface area (Å²) < 4.78 is 44.1. The highest BCUT2D eigenvalue weighted by Crippen LogP contribution is 2.38. The van der Waals surface area contributed by atoms with Crippen LogP contribution >= 0.6 is 0 Å². The fourth-order valence-corrected chi connectivity index (χ4v) is 3.35. The predicted octanol–water partition coefficient (Wildman–Crippen LogP) is 5.76. The van der Waals surface area contributed by atoms with Gasteiger partial charge >= 0.3 is 6.18 Å². The van der Waals surface area contributed by atoms with Crippen LogP contribution in [-0.2, 0) is 11.0 Å². The van der Waals surface area contributed by atoms with Crippen molar-refractivity contribution in [1.82, 2.24) is 0 Å². The zero-order valence-corrected chi connectivity index (χ0v) is 18.5. The van der Waals surface area contributed by atoms with Crippen LogP contribution in [0, 0.1) is 11.3 Å². The maximum Gasteiger partial charge on any atom is 0.416 e. The Hall–Kier alpha value is -3.03. The number of nitrogens with one attached hydrogen (secondary N) is 1. The molecule has 0 fully saturated rings. The molecule has 8 heteroatoms. The normalized spacial score (nSPS) is 15.8. The number of amides is 2. The van der Waals surface area contributed by atoms with Gasteiger partial charge in [-0.3, -0.25) is 9.59 Å². The van der Waals surface area contributed by atoms with Crippen molar-refractivity contribution in [2.24, 2.45) is 11.3 Å². The van der Waals surface area contributed by atoms with Gasteiger partial charge in [-0.15, -0.1) is 0 Å². The molecule has 32 heavy (non-hydrogen) atoms.